The summed E-state index contributed by atoms with van der Waals surface area (Å²) in [4.78, 5) is 4.63. The molecule has 4 N–H and O–H groups in total. The van der Waals surface area contributed by atoms with Crippen molar-refractivity contribution in [2.75, 3.05) is 19.8 Å². The van der Waals surface area contributed by atoms with Crippen LogP contribution in [-0.4, -0.2) is 25.9 Å². The van der Waals surface area contributed by atoms with E-state index in [1.807, 2.05) is 0 Å². The molecule has 2 unspecified atom stereocenters. The van der Waals surface area contributed by atoms with E-state index in [0.717, 1.165) is 32.1 Å². The molecule has 0 fully saturated rings. The van der Waals surface area contributed by atoms with Crippen molar-refractivity contribution in [2.24, 2.45) is 17.0 Å². The molecule has 0 aliphatic carbocycles. The fourth-order valence-corrected chi connectivity index (χ4v) is 2.52. The quantitative estimate of drug-likeness (QED) is 0.325. The van der Waals surface area contributed by atoms with E-state index in [9.17, 15) is 0 Å². The summed E-state index contributed by atoms with van der Waals surface area (Å²) in [5.41, 5.74) is 5.72. The van der Waals surface area contributed by atoms with Gasteiger partial charge in [-0.2, -0.15) is 0 Å². The summed E-state index contributed by atoms with van der Waals surface area (Å²) in [5, 5.41) is 0. The summed E-state index contributed by atoms with van der Waals surface area (Å²) in [6, 6.07) is 0. The van der Waals surface area contributed by atoms with Crippen LogP contribution in [0.4, 0.5) is 0 Å². The van der Waals surface area contributed by atoms with Crippen molar-refractivity contribution in [1.82, 2.24) is 0 Å². The van der Waals surface area contributed by atoms with Gasteiger partial charge in [0, 0.05) is 6.54 Å². The van der Waals surface area contributed by atoms with Crippen molar-refractivity contribution in [1.29, 1.82) is 0 Å². The number of ether oxygens (including phenoxy) is 1. The number of allylic oxidation sites excluding steroid dienone is 2. The fourth-order valence-electron chi connectivity index (χ4n) is 2.52. The number of nitrogens with two attached hydrogens (primary N) is 2. The predicted molar refractivity (Wildman–Crippen MR) is 80.6 cm³/mol. The Hall–Kier alpha value is -0.420. The molecule has 0 aromatic carbocycles. The van der Waals surface area contributed by atoms with E-state index in [2.05, 4.69) is 37.8 Å². The molecule has 0 saturated heterocycles. The first kappa shape index (κ1) is 18.6. The zero-order chi connectivity index (χ0) is 14.6. The second-order valence-corrected chi connectivity index (χ2v) is 5.12. The second kappa shape index (κ2) is 11.4. The minimum absolute atomic E-state index is 0.191. The molecular formula is C15H32N2O2. The van der Waals surface area contributed by atoms with Gasteiger partial charge in [-0.15, -0.1) is 0 Å². The summed E-state index contributed by atoms with van der Waals surface area (Å²) < 4.78 is 5.89. The number of rotatable bonds is 12. The molecule has 0 radical (unpaired) electrons. The Morgan fingerprint density at radius 2 is 2.00 bits per heavy atom. The summed E-state index contributed by atoms with van der Waals surface area (Å²) in [6.45, 7) is 8.31. The second-order valence-electron chi connectivity index (χ2n) is 5.12. The predicted octanol–water partition coefficient (Wildman–Crippen LogP) is 2.77. The smallest absolute Gasteiger partial charge is 0.0679 e. The van der Waals surface area contributed by atoms with Crippen molar-refractivity contribution in [2.45, 2.75) is 59.0 Å². The Morgan fingerprint density at radius 1 is 1.26 bits per heavy atom. The first-order valence-corrected chi connectivity index (χ1v) is 7.41. The topological polar surface area (TPSA) is 70.5 Å². The highest BCUT2D eigenvalue weighted by Crippen LogP contribution is 2.38. The van der Waals surface area contributed by atoms with Crippen LogP contribution >= 0.6 is 0 Å². The molecule has 0 aromatic heterocycles. The van der Waals surface area contributed by atoms with Crippen LogP contribution in [0.5, 0.6) is 0 Å². The molecule has 114 valence electrons. The number of unbranched alkanes of at least 4 members (excludes halogenated alkanes) is 1. The maximum atomic E-state index is 5.89. The lowest BCUT2D eigenvalue weighted by Crippen LogP contribution is -2.35. The van der Waals surface area contributed by atoms with Crippen molar-refractivity contribution in [3.8, 4) is 0 Å². The minimum Gasteiger partial charge on any atom is -0.377 e. The molecule has 0 spiro atoms. The summed E-state index contributed by atoms with van der Waals surface area (Å²) in [6.07, 6.45) is 9.96. The zero-order valence-corrected chi connectivity index (χ0v) is 12.9. The normalized spacial score (nSPS) is 16.7. The van der Waals surface area contributed by atoms with Gasteiger partial charge in [-0.1, -0.05) is 25.5 Å². The lowest BCUT2D eigenvalue weighted by Gasteiger charge is -2.38. The lowest BCUT2D eigenvalue weighted by atomic mass is 9.73. The highest BCUT2D eigenvalue weighted by molar-refractivity contribution is 4.92. The van der Waals surface area contributed by atoms with Crippen LogP contribution < -0.4 is 11.6 Å². The van der Waals surface area contributed by atoms with E-state index in [1.54, 1.807) is 0 Å². The monoisotopic (exact) mass is 272 g/mol. The molecule has 0 aromatic rings. The minimum atomic E-state index is 0.191. The van der Waals surface area contributed by atoms with Gasteiger partial charge in [-0.25, -0.2) is 5.90 Å². The van der Waals surface area contributed by atoms with E-state index in [4.69, 9.17) is 16.4 Å². The highest BCUT2D eigenvalue weighted by Gasteiger charge is 2.33. The summed E-state index contributed by atoms with van der Waals surface area (Å²) in [7, 11) is 0. The molecule has 0 rings (SSSR count). The van der Waals surface area contributed by atoms with Crippen LogP contribution in [-0.2, 0) is 9.57 Å². The van der Waals surface area contributed by atoms with Crippen molar-refractivity contribution < 1.29 is 9.57 Å². The van der Waals surface area contributed by atoms with Crippen molar-refractivity contribution in [3.05, 3.63) is 12.2 Å². The summed E-state index contributed by atoms with van der Waals surface area (Å²) >= 11 is 0. The molecular weight excluding hydrogens is 240 g/mol. The average Bonchev–Trinajstić information content (AvgIpc) is 2.44. The molecule has 0 bridgehead atoms. The molecule has 0 aliphatic heterocycles. The maximum absolute atomic E-state index is 5.89. The van der Waals surface area contributed by atoms with Crippen molar-refractivity contribution in [3.63, 3.8) is 0 Å². The van der Waals surface area contributed by atoms with Gasteiger partial charge in [-0.05, 0) is 44.9 Å². The highest BCUT2D eigenvalue weighted by atomic mass is 16.6. The van der Waals surface area contributed by atoms with E-state index >= 15 is 0 Å². The molecule has 4 heteroatoms. The zero-order valence-electron chi connectivity index (χ0n) is 12.9. The Kier molecular flexibility index (Phi) is 11.2. The van der Waals surface area contributed by atoms with Crippen LogP contribution in [0.1, 0.15) is 52.9 Å². The molecule has 0 aliphatic rings. The van der Waals surface area contributed by atoms with E-state index < -0.39 is 0 Å². The first-order chi connectivity index (χ1) is 9.16. The standard InChI is InChI=1S/C15H32N2O2/c1-4-6-9-15(5-2,10-7-8-12-19-17)14(3)18-13-11-16/h4,6,14H,5,7-13,16-17H2,1-3H3/b6-4-. The Morgan fingerprint density at radius 3 is 2.53 bits per heavy atom. The van der Waals surface area contributed by atoms with Crippen LogP contribution in [0.3, 0.4) is 0 Å². The number of hydrogen-bond acceptors (Lipinski definition) is 4. The first-order valence-electron chi connectivity index (χ1n) is 7.41. The molecule has 0 heterocycles. The molecule has 0 amide bonds. The van der Waals surface area contributed by atoms with Crippen LogP contribution in [0.25, 0.3) is 0 Å². The van der Waals surface area contributed by atoms with Gasteiger partial charge in [0.15, 0.2) is 0 Å². The lowest BCUT2D eigenvalue weighted by molar-refractivity contribution is -0.0346. The van der Waals surface area contributed by atoms with Crippen LogP contribution in [0.2, 0.25) is 0 Å². The van der Waals surface area contributed by atoms with Gasteiger partial charge in [0.2, 0.25) is 0 Å². The number of hydrogen-bond donors (Lipinski definition) is 2. The van der Waals surface area contributed by atoms with Gasteiger partial charge in [0.1, 0.15) is 0 Å². The van der Waals surface area contributed by atoms with E-state index in [0.29, 0.717) is 19.8 Å². The van der Waals surface area contributed by atoms with Crippen LogP contribution in [0.15, 0.2) is 12.2 Å². The summed E-state index contributed by atoms with van der Waals surface area (Å²) in [5.74, 6) is 5.07. The molecule has 0 saturated carbocycles. The molecule has 19 heavy (non-hydrogen) atoms. The van der Waals surface area contributed by atoms with Gasteiger partial charge >= 0.3 is 0 Å². The van der Waals surface area contributed by atoms with E-state index in [-0.39, 0.29) is 11.5 Å². The third-order valence-corrected chi connectivity index (χ3v) is 4.00. The third kappa shape index (κ3) is 7.06. The Bertz CT molecular complexity index is 234. The van der Waals surface area contributed by atoms with Gasteiger partial charge < -0.3 is 15.3 Å². The Balaban J connectivity index is 4.56. The average molecular weight is 272 g/mol. The molecule has 4 nitrogen and oxygen atoms in total. The van der Waals surface area contributed by atoms with Gasteiger partial charge in [0.05, 0.1) is 19.3 Å². The SMILES string of the molecule is C/C=C\CC(CC)(CCCCON)C(C)OCCN. The van der Waals surface area contributed by atoms with E-state index in [1.165, 1.54) is 0 Å². The molecule has 2 atom stereocenters. The third-order valence-electron chi connectivity index (χ3n) is 4.00. The van der Waals surface area contributed by atoms with Gasteiger partial charge in [0.25, 0.3) is 0 Å². The van der Waals surface area contributed by atoms with Crippen molar-refractivity contribution >= 4 is 0 Å². The van der Waals surface area contributed by atoms with Gasteiger partial charge in [-0.3, -0.25) is 0 Å². The van der Waals surface area contributed by atoms with Crippen LogP contribution in [0, 0.1) is 5.41 Å². The maximum Gasteiger partial charge on any atom is 0.0679 e. The largest absolute Gasteiger partial charge is 0.377 e. The fraction of sp³-hybridized carbons (Fsp3) is 0.867. The Labute approximate surface area is 118 Å².